The summed E-state index contributed by atoms with van der Waals surface area (Å²) in [5, 5.41) is 3.56. The number of carbonyl (C=O) groups is 1. The van der Waals surface area contributed by atoms with E-state index in [1.807, 2.05) is 0 Å². The van der Waals surface area contributed by atoms with E-state index in [9.17, 15) is 13.2 Å². The molecular weight excluding hydrogens is 316 g/mol. The number of nitrogen functional groups attached to an aromatic ring is 1. The van der Waals surface area contributed by atoms with Gasteiger partial charge in [0.05, 0.1) is 13.4 Å². The Kier molecular flexibility index (Phi) is 6.37. The number of nitrogens with zero attached hydrogens (tertiary/aromatic N) is 2. The molecule has 10 heteroatoms. The second kappa shape index (κ2) is 7.57. The fraction of sp³-hybridized carbons (Fsp3) is 0.636. The molecule has 0 radical (unpaired) electrons. The Morgan fingerprint density at radius 3 is 2.71 bits per heavy atom. The van der Waals surface area contributed by atoms with Gasteiger partial charge in [0.2, 0.25) is 10.0 Å². The highest BCUT2D eigenvalue weighted by atomic mass is 32.2. The van der Waals surface area contributed by atoms with Crippen LogP contribution >= 0.6 is 11.5 Å². The summed E-state index contributed by atoms with van der Waals surface area (Å²) in [4.78, 5) is 11.6. The number of nitrogens with two attached hydrogens (primary N) is 1. The van der Waals surface area contributed by atoms with Crippen LogP contribution in [0.3, 0.4) is 0 Å². The van der Waals surface area contributed by atoms with Crippen LogP contribution in [0.25, 0.3) is 0 Å². The smallest absolute Gasteiger partial charge is 0.344 e. The van der Waals surface area contributed by atoms with Gasteiger partial charge in [-0.3, -0.25) is 0 Å². The minimum Gasteiger partial charge on any atom is -0.465 e. The molecule has 0 aliphatic heterocycles. The van der Waals surface area contributed by atoms with Gasteiger partial charge in [-0.2, -0.15) is 4.37 Å². The van der Waals surface area contributed by atoms with E-state index < -0.39 is 16.0 Å². The number of carbonyl (C=O) groups excluding carboxylic acids is 1. The summed E-state index contributed by atoms with van der Waals surface area (Å²) in [7, 11) is -1.91. The molecule has 1 rings (SSSR count). The number of hydrogen-bond acceptors (Lipinski definition) is 8. The van der Waals surface area contributed by atoms with Crippen molar-refractivity contribution >= 4 is 38.3 Å². The average molecular weight is 336 g/mol. The molecule has 1 aromatic rings. The maximum atomic E-state index is 11.6. The average Bonchev–Trinajstić information content (AvgIpc) is 2.77. The Hall–Kier alpha value is -1.39. The van der Waals surface area contributed by atoms with Gasteiger partial charge in [0.15, 0.2) is 5.82 Å². The molecule has 1 aromatic heterocycles. The van der Waals surface area contributed by atoms with E-state index in [0.29, 0.717) is 31.1 Å². The van der Waals surface area contributed by atoms with Crippen LogP contribution in [-0.2, 0) is 14.8 Å². The van der Waals surface area contributed by atoms with Crippen molar-refractivity contribution in [2.45, 2.75) is 13.3 Å². The fourth-order valence-corrected chi connectivity index (χ4v) is 3.39. The number of aromatic nitrogens is 1. The third kappa shape index (κ3) is 4.83. The van der Waals surface area contributed by atoms with Crippen LogP contribution in [0.4, 0.5) is 10.8 Å². The van der Waals surface area contributed by atoms with E-state index in [0.717, 1.165) is 11.5 Å². The number of hydrogen-bond donors (Lipinski definition) is 2. The van der Waals surface area contributed by atoms with Crippen LogP contribution in [0.15, 0.2) is 0 Å². The van der Waals surface area contributed by atoms with E-state index in [1.54, 1.807) is 6.92 Å². The van der Waals surface area contributed by atoms with Gasteiger partial charge in [-0.05, 0) is 18.0 Å². The summed E-state index contributed by atoms with van der Waals surface area (Å²) in [6, 6.07) is 0. The van der Waals surface area contributed by atoms with Crippen molar-refractivity contribution in [1.29, 1.82) is 0 Å². The summed E-state index contributed by atoms with van der Waals surface area (Å²) in [6.07, 6.45) is 1.78. The maximum absolute atomic E-state index is 11.6. The number of nitrogens with one attached hydrogen (secondary N) is 1. The molecule has 120 valence electrons. The zero-order chi connectivity index (χ0) is 16.0. The third-order valence-electron chi connectivity index (χ3n) is 2.80. The van der Waals surface area contributed by atoms with E-state index in [2.05, 4.69) is 14.4 Å². The highest BCUT2D eigenvalue weighted by Crippen LogP contribution is 2.27. The SMILES string of the molecule is CCN(CCCNc1snc(N)c1C(=O)OC)S(C)(=O)=O. The molecule has 8 nitrogen and oxygen atoms in total. The molecule has 21 heavy (non-hydrogen) atoms. The van der Waals surface area contributed by atoms with Crippen LogP contribution in [-0.4, -0.2) is 56.1 Å². The molecule has 0 unspecified atom stereocenters. The quantitative estimate of drug-likeness (QED) is 0.527. The summed E-state index contributed by atoms with van der Waals surface area (Å²) in [6.45, 7) is 3.12. The number of methoxy groups -OCH3 is 1. The van der Waals surface area contributed by atoms with Gasteiger partial charge in [-0.15, -0.1) is 0 Å². The Bertz CT molecular complexity index is 585. The molecule has 0 fully saturated rings. The molecule has 0 aliphatic carbocycles. The minimum atomic E-state index is -3.18. The number of ether oxygens (including phenoxy) is 1. The lowest BCUT2D eigenvalue weighted by Gasteiger charge is -2.17. The molecular formula is C11H20N4O4S2. The first-order valence-electron chi connectivity index (χ1n) is 6.33. The van der Waals surface area contributed by atoms with Crippen molar-refractivity contribution in [2.24, 2.45) is 0 Å². The van der Waals surface area contributed by atoms with Gasteiger partial charge in [0.25, 0.3) is 0 Å². The summed E-state index contributed by atoms with van der Waals surface area (Å²) >= 11 is 1.07. The highest BCUT2D eigenvalue weighted by molar-refractivity contribution is 7.88. The zero-order valence-corrected chi connectivity index (χ0v) is 13.9. The third-order valence-corrected chi connectivity index (χ3v) is 5.00. The molecule has 1 heterocycles. The molecule has 0 atom stereocenters. The van der Waals surface area contributed by atoms with Crippen molar-refractivity contribution in [3.63, 3.8) is 0 Å². The largest absolute Gasteiger partial charge is 0.465 e. The molecule has 0 saturated carbocycles. The monoisotopic (exact) mass is 336 g/mol. The van der Waals surface area contributed by atoms with Gasteiger partial charge in [-0.25, -0.2) is 17.5 Å². The minimum absolute atomic E-state index is 0.126. The van der Waals surface area contributed by atoms with Crippen LogP contribution in [0, 0.1) is 0 Å². The Labute approximate surface area is 128 Å². The van der Waals surface area contributed by atoms with Crippen molar-refractivity contribution < 1.29 is 17.9 Å². The first-order valence-corrected chi connectivity index (χ1v) is 8.95. The Morgan fingerprint density at radius 1 is 1.52 bits per heavy atom. The molecule has 0 saturated heterocycles. The molecule has 0 spiro atoms. The van der Waals surface area contributed by atoms with Crippen LogP contribution < -0.4 is 11.1 Å². The normalized spacial score (nSPS) is 11.6. The standard InChI is InChI=1S/C11H20N4O4S2/c1-4-15(21(3,17)18)7-5-6-13-10-8(11(16)19-2)9(12)14-20-10/h13H,4-7H2,1-3H3,(H2,12,14). The second-order valence-electron chi connectivity index (χ2n) is 4.30. The first kappa shape index (κ1) is 17.7. The summed E-state index contributed by atoms with van der Waals surface area (Å²) in [5.41, 5.74) is 5.84. The lowest BCUT2D eigenvalue weighted by atomic mass is 10.3. The number of anilines is 2. The molecule has 0 aliphatic rings. The van der Waals surface area contributed by atoms with E-state index in [4.69, 9.17) is 5.73 Å². The second-order valence-corrected chi connectivity index (χ2v) is 7.05. The van der Waals surface area contributed by atoms with Gasteiger partial charge in [-0.1, -0.05) is 6.92 Å². The van der Waals surface area contributed by atoms with Crippen molar-refractivity contribution in [1.82, 2.24) is 8.68 Å². The predicted molar refractivity (Wildman–Crippen MR) is 83.1 cm³/mol. The van der Waals surface area contributed by atoms with Crippen molar-refractivity contribution in [3.05, 3.63) is 5.56 Å². The van der Waals surface area contributed by atoms with Gasteiger partial charge in [0, 0.05) is 19.6 Å². The van der Waals surface area contributed by atoms with Gasteiger partial charge < -0.3 is 15.8 Å². The zero-order valence-electron chi connectivity index (χ0n) is 12.2. The van der Waals surface area contributed by atoms with Gasteiger partial charge in [0.1, 0.15) is 10.6 Å². The van der Waals surface area contributed by atoms with E-state index in [-0.39, 0.29) is 11.4 Å². The molecule has 0 amide bonds. The topological polar surface area (TPSA) is 115 Å². The Balaban J connectivity index is 2.56. The molecule has 0 aromatic carbocycles. The Morgan fingerprint density at radius 2 is 2.19 bits per heavy atom. The van der Waals surface area contributed by atoms with E-state index in [1.165, 1.54) is 17.7 Å². The highest BCUT2D eigenvalue weighted by Gasteiger charge is 2.20. The molecule has 0 bridgehead atoms. The van der Waals surface area contributed by atoms with Crippen molar-refractivity contribution in [3.8, 4) is 0 Å². The van der Waals surface area contributed by atoms with Gasteiger partial charge >= 0.3 is 5.97 Å². The summed E-state index contributed by atoms with van der Waals surface area (Å²) in [5.74, 6) is -0.421. The van der Waals surface area contributed by atoms with Crippen molar-refractivity contribution in [2.75, 3.05) is 44.1 Å². The predicted octanol–water partition coefficient (Wildman–Crippen LogP) is 0.595. The maximum Gasteiger partial charge on any atom is 0.344 e. The van der Waals surface area contributed by atoms with Crippen LogP contribution in [0.1, 0.15) is 23.7 Å². The van der Waals surface area contributed by atoms with E-state index >= 15 is 0 Å². The number of esters is 1. The summed E-state index contributed by atoms with van der Waals surface area (Å²) < 4.78 is 32.8. The number of rotatable bonds is 8. The lowest BCUT2D eigenvalue weighted by molar-refractivity contribution is 0.0603. The number of sulfonamides is 1. The lowest BCUT2D eigenvalue weighted by Crippen LogP contribution is -2.31. The van der Waals surface area contributed by atoms with Crippen LogP contribution in [0.5, 0.6) is 0 Å². The first-order chi connectivity index (χ1) is 9.81. The van der Waals surface area contributed by atoms with Crippen LogP contribution in [0.2, 0.25) is 0 Å². The fourth-order valence-electron chi connectivity index (χ4n) is 1.74. The molecule has 3 N–H and O–H groups in total.